The van der Waals surface area contributed by atoms with Gasteiger partial charge in [-0.3, -0.25) is 4.79 Å². The van der Waals surface area contributed by atoms with Crippen LogP contribution in [0.15, 0.2) is 59.5 Å². The molecule has 24 heavy (non-hydrogen) atoms. The molecule has 0 spiro atoms. The van der Waals surface area contributed by atoms with Crippen molar-refractivity contribution in [1.29, 1.82) is 0 Å². The number of hydrogen-bond acceptors (Lipinski definition) is 3. The molecule has 5 nitrogen and oxygen atoms in total. The zero-order valence-electron chi connectivity index (χ0n) is 12.2. The first-order valence-electron chi connectivity index (χ1n) is 6.70. The molecule has 2 aromatic carbocycles. The monoisotopic (exact) mass is 358 g/mol. The molecule has 0 aliphatic heterocycles. The molecule has 0 fully saturated rings. The number of alkyl halides is 3. The molecule has 2 rings (SSSR count). The van der Waals surface area contributed by atoms with Crippen LogP contribution in [-0.4, -0.2) is 20.9 Å². The van der Waals surface area contributed by atoms with E-state index in [0.29, 0.717) is 0 Å². The normalized spacial score (nSPS) is 12.0. The summed E-state index contributed by atoms with van der Waals surface area (Å²) in [6.45, 7) is -0.604. The van der Waals surface area contributed by atoms with Crippen molar-refractivity contribution in [1.82, 2.24) is 4.72 Å². The van der Waals surface area contributed by atoms with E-state index in [9.17, 15) is 26.4 Å². The van der Waals surface area contributed by atoms with Crippen molar-refractivity contribution in [3.8, 4) is 0 Å². The van der Waals surface area contributed by atoms with Crippen LogP contribution in [0.4, 0.5) is 18.9 Å². The van der Waals surface area contributed by atoms with Crippen LogP contribution in [0.3, 0.4) is 0 Å². The predicted octanol–water partition coefficient (Wildman–Crippen LogP) is 2.62. The van der Waals surface area contributed by atoms with Gasteiger partial charge < -0.3 is 5.32 Å². The van der Waals surface area contributed by atoms with E-state index in [1.54, 1.807) is 6.07 Å². The highest BCUT2D eigenvalue weighted by molar-refractivity contribution is 7.89. The maximum absolute atomic E-state index is 12.6. The van der Waals surface area contributed by atoms with Gasteiger partial charge >= 0.3 is 6.18 Å². The van der Waals surface area contributed by atoms with Crippen molar-refractivity contribution < 1.29 is 26.4 Å². The molecular formula is C15H13F3N2O3S. The fourth-order valence-electron chi connectivity index (χ4n) is 1.82. The second-order valence-corrected chi connectivity index (χ2v) is 6.53. The molecule has 0 saturated heterocycles. The molecule has 0 radical (unpaired) electrons. The Labute approximate surface area is 136 Å². The fourth-order valence-corrected chi connectivity index (χ4v) is 2.83. The molecule has 128 valence electrons. The maximum atomic E-state index is 12.6. The summed E-state index contributed by atoms with van der Waals surface area (Å²) in [5.74, 6) is -0.783. The average molecular weight is 358 g/mol. The summed E-state index contributed by atoms with van der Waals surface area (Å²) in [5, 5.41) is 2.21. The maximum Gasteiger partial charge on any atom is 0.416 e. The predicted molar refractivity (Wildman–Crippen MR) is 81.7 cm³/mol. The number of nitrogens with one attached hydrogen (secondary N) is 2. The Kier molecular flexibility index (Phi) is 5.25. The van der Waals surface area contributed by atoms with Gasteiger partial charge in [0.1, 0.15) is 0 Å². The summed E-state index contributed by atoms with van der Waals surface area (Å²) in [4.78, 5) is 11.7. The summed E-state index contributed by atoms with van der Waals surface area (Å²) in [7, 11) is -3.87. The minimum absolute atomic E-state index is 0.0168. The van der Waals surface area contributed by atoms with Crippen molar-refractivity contribution in [2.45, 2.75) is 11.1 Å². The number of anilines is 1. The Morgan fingerprint density at radius 2 is 1.67 bits per heavy atom. The van der Waals surface area contributed by atoms with Gasteiger partial charge in [-0.2, -0.15) is 13.2 Å². The van der Waals surface area contributed by atoms with Crippen molar-refractivity contribution in [3.63, 3.8) is 0 Å². The first kappa shape index (κ1) is 18.0. The first-order valence-corrected chi connectivity index (χ1v) is 8.18. The number of amides is 1. The van der Waals surface area contributed by atoms with Crippen LogP contribution in [-0.2, 0) is 21.0 Å². The Morgan fingerprint density at radius 3 is 2.29 bits per heavy atom. The summed E-state index contributed by atoms with van der Waals surface area (Å²) >= 11 is 0. The molecular weight excluding hydrogens is 345 g/mol. The molecule has 0 aliphatic rings. The highest BCUT2D eigenvalue weighted by atomic mass is 32.2. The van der Waals surface area contributed by atoms with E-state index >= 15 is 0 Å². The van der Waals surface area contributed by atoms with Crippen molar-refractivity contribution in [2.75, 3.05) is 11.9 Å². The van der Waals surface area contributed by atoms with E-state index in [-0.39, 0.29) is 10.6 Å². The summed E-state index contributed by atoms with van der Waals surface area (Å²) in [6, 6.07) is 11.5. The average Bonchev–Trinajstić information content (AvgIpc) is 2.53. The van der Waals surface area contributed by atoms with Crippen molar-refractivity contribution >= 4 is 21.6 Å². The Bertz CT molecular complexity index is 821. The zero-order valence-corrected chi connectivity index (χ0v) is 13.0. The van der Waals surface area contributed by atoms with Crippen LogP contribution in [0.1, 0.15) is 5.56 Å². The lowest BCUT2D eigenvalue weighted by molar-refractivity contribution is -0.137. The minimum atomic E-state index is -4.53. The zero-order chi connectivity index (χ0) is 17.8. The third-order valence-corrected chi connectivity index (χ3v) is 4.37. The minimum Gasteiger partial charge on any atom is -0.325 e. The quantitative estimate of drug-likeness (QED) is 0.863. The molecule has 0 aliphatic carbocycles. The molecule has 0 heterocycles. The standard InChI is InChI=1S/C15H13F3N2O3S/c16-15(17,18)11-5-4-6-12(9-11)20-14(21)10-19-24(22,23)13-7-2-1-3-8-13/h1-9,19H,10H2,(H,20,21). The summed E-state index contributed by atoms with van der Waals surface area (Å²) < 4.78 is 63.7. The van der Waals surface area contributed by atoms with E-state index in [4.69, 9.17) is 0 Å². The van der Waals surface area contributed by atoms with Crippen LogP contribution in [0.25, 0.3) is 0 Å². The second-order valence-electron chi connectivity index (χ2n) is 4.76. The Morgan fingerprint density at radius 1 is 1.00 bits per heavy atom. The van der Waals surface area contributed by atoms with Crippen molar-refractivity contribution in [2.24, 2.45) is 0 Å². The van der Waals surface area contributed by atoms with E-state index < -0.39 is 34.2 Å². The molecule has 9 heteroatoms. The largest absolute Gasteiger partial charge is 0.416 e. The van der Waals surface area contributed by atoms with E-state index in [1.165, 1.54) is 30.3 Å². The summed E-state index contributed by atoms with van der Waals surface area (Å²) in [6.07, 6.45) is -4.53. The van der Waals surface area contributed by atoms with Gasteiger partial charge in [0, 0.05) is 5.69 Å². The highest BCUT2D eigenvalue weighted by Crippen LogP contribution is 2.30. The van der Waals surface area contributed by atoms with Gasteiger partial charge in [-0.15, -0.1) is 0 Å². The molecule has 0 unspecified atom stereocenters. The van der Waals surface area contributed by atoms with Gasteiger partial charge in [0.05, 0.1) is 17.0 Å². The Balaban J connectivity index is 1.99. The van der Waals surface area contributed by atoms with E-state index in [1.807, 2.05) is 0 Å². The number of carbonyl (C=O) groups excluding carboxylic acids is 1. The molecule has 0 atom stereocenters. The van der Waals surface area contributed by atoms with Gasteiger partial charge in [-0.25, -0.2) is 13.1 Å². The number of halogens is 3. The van der Waals surface area contributed by atoms with Crippen LogP contribution >= 0.6 is 0 Å². The molecule has 2 aromatic rings. The van der Waals surface area contributed by atoms with Crippen LogP contribution in [0, 0.1) is 0 Å². The number of hydrogen-bond donors (Lipinski definition) is 2. The third kappa shape index (κ3) is 4.80. The number of rotatable bonds is 5. The molecule has 1 amide bonds. The molecule has 0 aromatic heterocycles. The van der Waals surface area contributed by atoms with Gasteiger partial charge in [-0.05, 0) is 30.3 Å². The van der Waals surface area contributed by atoms with Gasteiger partial charge in [0.25, 0.3) is 0 Å². The lowest BCUT2D eigenvalue weighted by Crippen LogP contribution is -2.32. The molecule has 0 bridgehead atoms. The van der Waals surface area contributed by atoms with Gasteiger partial charge in [0.15, 0.2) is 0 Å². The van der Waals surface area contributed by atoms with Crippen molar-refractivity contribution in [3.05, 3.63) is 60.2 Å². The number of sulfonamides is 1. The lowest BCUT2D eigenvalue weighted by atomic mass is 10.2. The van der Waals surface area contributed by atoms with Crippen LogP contribution in [0.2, 0.25) is 0 Å². The molecule has 0 saturated carbocycles. The number of carbonyl (C=O) groups is 1. The lowest BCUT2D eigenvalue weighted by Gasteiger charge is -2.10. The van der Waals surface area contributed by atoms with Gasteiger partial charge in [-0.1, -0.05) is 24.3 Å². The smallest absolute Gasteiger partial charge is 0.325 e. The SMILES string of the molecule is O=C(CNS(=O)(=O)c1ccccc1)Nc1cccc(C(F)(F)F)c1. The Hall–Kier alpha value is -2.39. The number of benzene rings is 2. The fraction of sp³-hybridized carbons (Fsp3) is 0.133. The van der Waals surface area contributed by atoms with Gasteiger partial charge in [0.2, 0.25) is 15.9 Å². The molecule has 2 N–H and O–H groups in total. The first-order chi connectivity index (χ1) is 11.2. The van der Waals surface area contributed by atoms with Crippen LogP contribution in [0.5, 0.6) is 0 Å². The topological polar surface area (TPSA) is 75.3 Å². The van der Waals surface area contributed by atoms with Crippen LogP contribution < -0.4 is 10.0 Å². The summed E-state index contributed by atoms with van der Waals surface area (Å²) in [5.41, 5.74) is -0.987. The van der Waals surface area contributed by atoms with E-state index in [2.05, 4.69) is 10.0 Å². The third-order valence-electron chi connectivity index (χ3n) is 2.95. The van der Waals surface area contributed by atoms with E-state index in [0.717, 1.165) is 18.2 Å². The highest BCUT2D eigenvalue weighted by Gasteiger charge is 2.30. The second kappa shape index (κ2) is 7.02.